The normalized spacial score (nSPS) is 13.4. The molecule has 3 N–H and O–H groups in total. The van der Waals surface area contributed by atoms with Gasteiger partial charge in [-0.1, -0.05) is 155 Å². The topological polar surface area (TPSA) is 134 Å². The summed E-state index contributed by atoms with van der Waals surface area (Å²) in [6.07, 6.45) is 28.4. The molecule has 0 radical (unpaired) electrons. The molecule has 10 heteroatoms. The largest absolute Gasteiger partial charge is 0.472 e. The molecule has 2 atom stereocenters. The van der Waals surface area contributed by atoms with Crippen molar-refractivity contribution in [2.24, 2.45) is 5.73 Å². The van der Waals surface area contributed by atoms with E-state index >= 15 is 0 Å². The van der Waals surface area contributed by atoms with Crippen LogP contribution < -0.4 is 5.73 Å². The zero-order chi connectivity index (χ0) is 33.3. The minimum absolute atomic E-state index is 0.0576. The van der Waals surface area contributed by atoms with Gasteiger partial charge in [0.2, 0.25) is 0 Å². The molecule has 0 aliphatic carbocycles. The van der Waals surface area contributed by atoms with Crippen LogP contribution in [0.15, 0.2) is 0 Å². The molecule has 0 aromatic heterocycles. The molecule has 0 saturated heterocycles. The van der Waals surface area contributed by atoms with Crippen LogP contribution in [0.4, 0.5) is 0 Å². The summed E-state index contributed by atoms with van der Waals surface area (Å²) in [6.45, 7) is 3.73. The number of rotatable bonds is 35. The highest BCUT2D eigenvalue weighted by atomic mass is 31.2. The molecule has 0 aromatic rings. The van der Waals surface area contributed by atoms with Crippen molar-refractivity contribution in [2.45, 2.75) is 187 Å². The number of phosphoric ester groups is 1. The van der Waals surface area contributed by atoms with Crippen LogP contribution in [0.5, 0.6) is 0 Å². The summed E-state index contributed by atoms with van der Waals surface area (Å²) >= 11 is 0. The molecular weight excluding hydrogens is 593 g/mol. The summed E-state index contributed by atoms with van der Waals surface area (Å²) < 4.78 is 32.6. The predicted octanol–water partition coefficient (Wildman–Crippen LogP) is 9.72. The van der Waals surface area contributed by atoms with Gasteiger partial charge in [0.25, 0.3) is 0 Å². The lowest BCUT2D eigenvalue weighted by Gasteiger charge is -2.19. The van der Waals surface area contributed by atoms with Crippen LogP contribution in [0.1, 0.15) is 181 Å². The van der Waals surface area contributed by atoms with E-state index in [1.807, 2.05) is 0 Å². The molecule has 0 amide bonds. The summed E-state index contributed by atoms with van der Waals surface area (Å²) in [5.74, 6) is -0.821. The third-order valence-electron chi connectivity index (χ3n) is 7.99. The van der Waals surface area contributed by atoms with Gasteiger partial charge in [0.1, 0.15) is 6.61 Å². The minimum Gasteiger partial charge on any atom is -0.462 e. The zero-order valence-corrected chi connectivity index (χ0v) is 30.0. The van der Waals surface area contributed by atoms with Crippen LogP contribution in [0, 0.1) is 0 Å². The van der Waals surface area contributed by atoms with Crippen LogP contribution in [-0.4, -0.2) is 49.3 Å². The molecule has 0 fully saturated rings. The molecule has 0 bridgehead atoms. The molecule has 0 aliphatic heterocycles. The lowest BCUT2D eigenvalue weighted by atomic mass is 10.0. The summed E-state index contributed by atoms with van der Waals surface area (Å²) in [4.78, 5) is 34.6. The number of ether oxygens (including phenoxy) is 2. The van der Waals surface area contributed by atoms with Crippen LogP contribution in [0.2, 0.25) is 0 Å². The molecule has 0 spiro atoms. The molecule has 0 aliphatic rings. The van der Waals surface area contributed by atoms with Crippen molar-refractivity contribution in [3.63, 3.8) is 0 Å². The molecule has 268 valence electrons. The van der Waals surface area contributed by atoms with Crippen molar-refractivity contribution >= 4 is 19.8 Å². The standard InChI is InChI=1S/C35H70NO8P/c1-3-5-7-9-11-13-15-16-18-20-22-24-26-28-35(38)44-33(32-43-45(39,40)42-30-29-36)31-41-34(37)27-25-23-21-19-17-14-12-10-8-6-4-2/h33H,3-32,36H2,1-2H3,(H,39,40). The summed E-state index contributed by atoms with van der Waals surface area (Å²) in [6, 6.07) is 0. The van der Waals surface area contributed by atoms with Gasteiger partial charge in [-0.05, 0) is 12.8 Å². The summed E-state index contributed by atoms with van der Waals surface area (Å²) in [5.41, 5.74) is 5.32. The van der Waals surface area contributed by atoms with E-state index < -0.39 is 26.5 Å². The minimum atomic E-state index is -4.36. The van der Waals surface area contributed by atoms with Crippen LogP contribution >= 0.6 is 7.82 Å². The van der Waals surface area contributed by atoms with E-state index in [2.05, 4.69) is 13.8 Å². The molecule has 0 saturated carbocycles. The Morgan fingerprint density at radius 2 is 0.956 bits per heavy atom. The number of hydrogen-bond donors (Lipinski definition) is 2. The van der Waals surface area contributed by atoms with Crippen molar-refractivity contribution in [3.05, 3.63) is 0 Å². The molecule has 0 heterocycles. The SMILES string of the molecule is CCCCCCCCCCCCCCCC(=O)OC(COC(=O)CCCCCCCCCCCCC)COP(=O)(O)OCCN. The monoisotopic (exact) mass is 663 g/mol. The Balaban J connectivity index is 4.21. The van der Waals surface area contributed by atoms with Gasteiger partial charge in [-0.3, -0.25) is 18.6 Å². The quantitative estimate of drug-likeness (QED) is 0.0386. The first kappa shape index (κ1) is 44.0. The molecular formula is C35H70NO8P. The van der Waals surface area contributed by atoms with Crippen molar-refractivity contribution in [2.75, 3.05) is 26.4 Å². The number of carbonyl (C=O) groups excluding carboxylic acids is 2. The molecule has 2 unspecified atom stereocenters. The number of phosphoric acid groups is 1. The number of carbonyl (C=O) groups is 2. The molecule has 9 nitrogen and oxygen atoms in total. The number of esters is 2. The fraction of sp³-hybridized carbons (Fsp3) is 0.943. The van der Waals surface area contributed by atoms with E-state index in [0.717, 1.165) is 32.1 Å². The third kappa shape index (κ3) is 32.7. The Hall–Kier alpha value is -0.990. The first-order valence-electron chi connectivity index (χ1n) is 18.5. The number of nitrogens with two attached hydrogens (primary N) is 1. The Kier molecular flexibility index (Phi) is 32.2. The van der Waals surface area contributed by atoms with Crippen LogP contribution in [0.3, 0.4) is 0 Å². The second kappa shape index (κ2) is 32.9. The van der Waals surface area contributed by atoms with Crippen LogP contribution in [0.25, 0.3) is 0 Å². The van der Waals surface area contributed by atoms with Crippen LogP contribution in [-0.2, 0) is 32.7 Å². The van der Waals surface area contributed by atoms with E-state index in [-0.39, 0.29) is 38.6 Å². The highest BCUT2D eigenvalue weighted by Gasteiger charge is 2.25. The Labute approximate surface area is 276 Å². The third-order valence-corrected chi connectivity index (χ3v) is 8.98. The van der Waals surface area contributed by atoms with Gasteiger partial charge in [-0.2, -0.15) is 0 Å². The van der Waals surface area contributed by atoms with Crippen molar-refractivity contribution < 1.29 is 37.6 Å². The maximum absolute atomic E-state index is 12.5. The maximum Gasteiger partial charge on any atom is 0.472 e. The van der Waals surface area contributed by atoms with Gasteiger partial charge in [0.15, 0.2) is 6.10 Å². The average Bonchev–Trinajstić information content (AvgIpc) is 3.02. The number of hydrogen-bond acceptors (Lipinski definition) is 8. The van der Waals surface area contributed by atoms with Crippen molar-refractivity contribution in [1.29, 1.82) is 0 Å². The second-order valence-electron chi connectivity index (χ2n) is 12.5. The first-order valence-corrected chi connectivity index (χ1v) is 20.0. The molecule has 45 heavy (non-hydrogen) atoms. The average molecular weight is 664 g/mol. The van der Waals surface area contributed by atoms with Gasteiger partial charge in [-0.15, -0.1) is 0 Å². The summed E-state index contributed by atoms with van der Waals surface area (Å²) in [7, 11) is -4.36. The van der Waals surface area contributed by atoms with Crippen molar-refractivity contribution in [3.8, 4) is 0 Å². The Morgan fingerprint density at radius 1 is 0.578 bits per heavy atom. The summed E-state index contributed by atoms with van der Waals surface area (Å²) in [5, 5.41) is 0. The van der Waals surface area contributed by atoms with Gasteiger partial charge < -0.3 is 20.1 Å². The van der Waals surface area contributed by atoms with E-state index in [0.29, 0.717) is 6.42 Å². The Morgan fingerprint density at radius 3 is 1.36 bits per heavy atom. The van der Waals surface area contributed by atoms with E-state index in [4.69, 9.17) is 24.3 Å². The second-order valence-corrected chi connectivity index (χ2v) is 13.9. The highest BCUT2D eigenvalue weighted by Crippen LogP contribution is 2.43. The van der Waals surface area contributed by atoms with Gasteiger partial charge in [-0.25, -0.2) is 4.57 Å². The fourth-order valence-corrected chi connectivity index (χ4v) is 5.99. The zero-order valence-electron chi connectivity index (χ0n) is 29.1. The molecule has 0 aromatic carbocycles. The van der Waals surface area contributed by atoms with Crippen molar-refractivity contribution in [1.82, 2.24) is 0 Å². The van der Waals surface area contributed by atoms with Gasteiger partial charge >= 0.3 is 19.8 Å². The maximum atomic E-state index is 12.5. The highest BCUT2D eigenvalue weighted by molar-refractivity contribution is 7.47. The fourth-order valence-electron chi connectivity index (χ4n) is 5.22. The predicted molar refractivity (Wildman–Crippen MR) is 183 cm³/mol. The number of unbranched alkanes of at least 4 members (excludes halogenated alkanes) is 22. The van der Waals surface area contributed by atoms with Gasteiger partial charge in [0.05, 0.1) is 13.2 Å². The van der Waals surface area contributed by atoms with E-state index in [1.165, 1.54) is 116 Å². The van der Waals surface area contributed by atoms with E-state index in [9.17, 15) is 19.0 Å². The smallest absolute Gasteiger partial charge is 0.462 e. The lowest BCUT2D eigenvalue weighted by molar-refractivity contribution is -0.161. The lowest BCUT2D eigenvalue weighted by Crippen LogP contribution is -2.29. The Bertz CT molecular complexity index is 724. The van der Waals surface area contributed by atoms with Gasteiger partial charge in [0, 0.05) is 19.4 Å². The first-order chi connectivity index (χ1) is 21.8. The van der Waals surface area contributed by atoms with E-state index in [1.54, 1.807) is 0 Å². The molecule has 0 rings (SSSR count).